The van der Waals surface area contributed by atoms with E-state index in [9.17, 15) is 0 Å². The first-order valence-corrected chi connectivity index (χ1v) is 8.42. The summed E-state index contributed by atoms with van der Waals surface area (Å²) in [7, 11) is 3.55. The molecule has 9 heteroatoms. The molecule has 0 bridgehead atoms. The van der Waals surface area contributed by atoms with E-state index in [1.807, 2.05) is 36.7 Å². The highest BCUT2D eigenvalue weighted by Crippen LogP contribution is 2.27. The van der Waals surface area contributed by atoms with Crippen LogP contribution in [0, 0.1) is 0 Å². The summed E-state index contributed by atoms with van der Waals surface area (Å²) >= 11 is 1.48. The Kier molecular flexibility index (Phi) is 6.74. The van der Waals surface area contributed by atoms with Crippen LogP contribution >= 0.6 is 23.7 Å². The maximum absolute atomic E-state index is 5.30. The molecule has 1 unspecified atom stereocenters. The molecule has 0 aliphatic rings. The van der Waals surface area contributed by atoms with Crippen LogP contribution in [-0.4, -0.2) is 35.3 Å². The zero-order chi connectivity index (χ0) is 16.9. The number of aromatic nitrogens is 3. The summed E-state index contributed by atoms with van der Waals surface area (Å²) in [6.07, 6.45) is 0.709. The largest absolute Gasteiger partial charge is 0.497 e. The first-order chi connectivity index (χ1) is 11.7. The highest BCUT2D eigenvalue weighted by Gasteiger charge is 2.14. The summed E-state index contributed by atoms with van der Waals surface area (Å²) in [6, 6.07) is 7.94. The van der Waals surface area contributed by atoms with Crippen LogP contribution in [0.3, 0.4) is 0 Å². The Hall–Kier alpha value is -2.16. The molecule has 0 saturated carbocycles. The SMILES string of the molecule is CNC(C)Cc1noc(-c2csc(Nc3ccc(OC)cc3)n2)n1.Cl. The van der Waals surface area contributed by atoms with Gasteiger partial charge >= 0.3 is 0 Å². The van der Waals surface area contributed by atoms with Gasteiger partial charge in [0.15, 0.2) is 11.0 Å². The molecule has 0 aliphatic heterocycles. The van der Waals surface area contributed by atoms with Crippen molar-refractivity contribution in [1.29, 1.82) is 0 Å². The molecule has 25 heavy (non-hydrogen) atoms. The van der Waals surface area contributed by atoms with Crippen LogP contribution in [0.5, 0.6) is 5.75 Å². The van der Waals surface area contributed by atoms with Gasteiger partial charge in [-0.1, -0.05) is 5.16 Å². The fraction of sp³-hybridized carbons (Fsp3) is 0.312. The number of halogens is 1. The number of nitrogens with zero attached hydrogens (tertiary/aromatic N) is 3. The molecule has 0 radical (unpaired) electrons. The fourth-order valence-electron chi connectivity index (χ4n) is 2.04. The van der Waals surface area contributed by atoms with Gasteiger partial charge < -0.3 is 19.9 Å². The fourth-order valence-corrected chi connectivity index (χ4v) is 2.75. The van der Waals surface area contributed by atoms with Crippen molar-refractivity contribution < 1.29 is 9.26 Å². The molecule has 0 spiro atoms. The predicted octanol–water partition coefficient (Wildman–Crippen LogP) is 3.52. The number of benzene rings is 1. The van der Waals surface area contributed by atoms with Crippen LogP contribution < -0.4 is 15.4 Å². The third-order valence-electron chi connectivity index (χ3n) is 3.51. The Morgan fingerprint density at radius 1 is 1.24 bits per heavy atom. The zero-order valence-corrected chi connectivity index (χ0v) is 15.8. The van der Waals surface area contributed by atoms with Crippen molar-refractivity contribution in [3.8, 4) is 17.3 Å². The van der Waals surface area contributed by atoms with Crippen molar-refractivity contribution in [3.05, 3.63) is 35.5 Å². The second-order valence-electron chi connectivity index (χ2n) is 5.30. The van der Waals surface area contributed by atoms with Gasteiger partial charge in [-0.25, -0.2) is 4.98 Å². The lowest BCUT2D eigenvalue weighted by Crippen LogP contribution is -2.24. The van der Waals surface area contributed by atoms with Crippen LogP contribution in [0.2, 0.25) is 0 Å². The number of rotatable bonds is 7. The standard InChI is InChI=1S/C16H19N5O2S.ClH/c1-10(17-2)8-14-20-15(23-21-14)13-9-24-16(19-13)18-11-4-6-12(22-3)7-5-11;/h4-7,9-10,17H,8H2,1-3H3,(H,18,19);1H. The highest BCUT2D eigenvalue weighted by molar-refractivity contribution is 7.14. The number of nitrogens with one attached hydrogen (secondary N) is 2. The van der Waals surface area contributed by atoms with Crippen LogP contribution in [0.4, 0.5) is 10.8 Å². The molecule has 7 nitrogen and oxygen atoms in total. The summed E-state index contributed by atoms with van der Waals surface area (Å²) in [5, 5.41) is 13.0. The maximum Gasteiger partial charge on any atom is 0.277 e. The summed E-state index contributed by atoms with van der Waals surface area (Å²) in [5.41, 5.74) is 1.61. The molecule has 134 valence electrons. The quantitative estimate of drug-likeness (QED) is 0.647. The average Bonchev–Trinajstić information content (AvgIpc) is 3.25. The Morgan fingerprint density at radius 3 is 2.68 bits per heavy atom. The highest BCUT2D eigenvalue weighted by atomic mass is 35.5. The molecule has 3 rings (SSSR count). The summed E-state index contributed by atoms with van der Waals surface area (Å²) in [5.74, 6) is 1.92. The maximum atomic E-state index is 5.30. The van der Waals surface area contributed by atoms with Gasteiger partial charge in [-0.15, -0.1) is 23.7 Å². The van der Waals surface area contributed by atoms with Gasteiger partial charge in [0, 0.05) is 23.5 Å². The number of methoxy groups -OCH3 is 1. The van der Waals surface area contributed by atoms with E-state index in [-0.39, 0.29) is 18.4 Å². The minimum Gasteiger partial charge on any atom is -0.497 e. The van der Waals surface area contributed by atoms with Gasteiger partial charge in [0.25, 0.3) is 5.89 Å². The van der Waals surface area contributed by atoms with Crippen LogP contribution in [-0.2, 0) is 6.42 Å². The minimum atomic E-state index is 0. The van der Waals surface area contributed by atoms with Gasteiger partial charge in [0.1, 0.15) is 11.4 Å². The lowest BCUT2D eigenvalue weighted by molar-refractivity contribution is 0.415. The molecule has 2 aromatic heterocycles. The first kappa shape index (κ1) is 19.2. The molecule has 0 saturated heterocycles. The molecule has 0 fully saturated rings. The van der Waals surface area contributed by atoms with Crippen molar-refractivity contribution in [3.63, 3.8) is 0 Å². The van der Waals surface area contributed by atoms with E-state index >= 15 is 0 Å². The van der Waals surface area contributed by atoms with Gasteiger partial charge in [0.05, 0.1) is 7.11 Å². The average molecular weight is 382 g/mol. The number of likely N-dealkylation sites (N-methyl/N-ethyl adjacent to an activating group) is 1. The summed E-state index contributed by atoms with van der Waals surface area (Å²) in [6.45, 7) is 2.07. The van der Waals surface area contributed by atoms with Gasteiger partial charge in [-0.2, -0.15) is 4.98 Å². The second-order valence-corrected chi connectivity index (χ2v) is 6.16. The van der Waals surface area contributed by atoms with E-state index in [2.05, 4.69) is 32.7 Å². The normalized spacial score (nSPS) is 11.6. The second kappa shape index (κ2) is 8.80. The Bertz CT molecular complexity index is 790. The molecule has 0 amide bonds. The zero-order valence-electron chi connectivity index (χ0n) is 14.1. The topological polar surface area (TPSA) is 85.1 Å². The lowest BCUT2D eigenvalue weighted by atomic mass is 10.2. The Morgan fingerprint density at radius 2 is 2.00 bits per heavy atom. The number of anilines is 2. The molecular formula is C16H20ClN5O2S. The predicted molar refractivity (Wildman–Crippen MR) is 101 cm³/mol. The van der Waals surface area contributed by atoms with E-state index in [1.54, 1.807) is 7.11 Å². The first-order valence-electron chi connectivity index (χ1n) is 7.54. The number of hydrogen-bond donors (Lipinski definition) is 2. The van der Waals surface area contributed by atoms with Crippen molar-refractivity contribution in [2.75, 3.05) is 19.5 Å². The van der Waals surface area contributed by atoms with E-state index in [1.165, 1.54) is 11.3 Å². The molecule has 0 aliphatic carbocycles. The van der Waals surface area contributed by atoms with Gasteiger partial charge in [-0.3, -0.25) is 0 Å². The van der Waals surface area contributed by atoms with E-state index in [4.69, 9.17) is 9.26 Å². The Balaban J connectivity index is 0.00000225. The van der Waals surface area contributed by atoms with Gasteiger partial charge in [-0.05, 0) is 38.2 Å². The minimum absolute atomic E-state index is 0. The smallest absolute Gasteiger partial charge is 0.277 e. The van der Waals surface area contributed by atoms with Crippen LogP contribution in [0.25, 0.3) is 11.6 Å². The molecule has 1 aromatic carbocycles. The van der Waals surface area contributed by atoms with Crippen molar-refractivity contribution in [1.82, 2.24) is 20.4 Å². The number of ether oxygens (including phenoxy) is 1. The van der Waals surface area contributed by atoms with Crippen LogP contribution in [0.15, 0.2) is 34.2 Å². The number of hydrogen-bond acceptors (Lipinski definition) is 8. The summed E-state index contributed by atoms with van der Waals surface area (Å²) < 4.78 is 10.4. The van der Waals surface area contributed by atoms with E-state index in [0.29, 0.717) is 23.8 Å². The third kappa shape index (κ3) is 4.91. The van der Waals surface area contributed by atoms with Crippen LogP contribution in [0.1, 0.15) is 12.7 Å². The molecule has 1 atom stereocenters. The van der Waals surface area contributed by atoms with Crippen molar-refractivity contribution >= 4 is 34.6 Å². The van der Waals surface area contributed by atoms with Gasteiger partial charge in [0.2, 0.25) is 0 Å². The molecule has 2 N–H and O–H groups in total. The Labute approximate surface area is 156 Å². The third-order valence-corrected chi connectivity index (χ3v) is 4.27. The van der Waals surface area contributed by atoms with E-state index in [0.717, 1.165) is 16.6 Å². The van der Waals surface area contributed by atoms with E-state index < -0.39 is 0 Å². The number of thiazole rings is 1. The van der Waals surface area contributed by atoms with Crippen molar-refractivity contribution in [2.24, 2.45) is 0 Å². The summed E-state index contributed by atoms with van der Waals surface area (Å²) in [4.78, 5) is 8.89. The molecule has 3 aromatic rings. The van der Waals surface area contributed by atoms with Crippen molar-refractivity contribution in [2.45, 2.75) is 19.4 Å². The molecular weight excluding hydrogens is 362 g/mol. The monoisotopic (exact) mass is 381 g/mol. The lowest BCUT2D eigenvalue weighted by Gasteiger charge is -2.04. The molecule has 2 heterocycles.